The predicted molar refractivity (Wildman–Crippen MR) is 182 cm³/mol. The Morgan fingerprint density at radius 2 is 1.60 bits per heavy atom. The van der Waals surface area contributed by atoms with E-state index in [1.165, 1.54) is 5.56 Å². The number of hydrogen-bond acceptors (Lipinski definition) is 7. The number of ether oxygens (including phenoxy) is 1. The number of imide groups is 1. The summed E-state index contributed by atoms with van der Waals surface area (Å²) < 4.78 is 5.85. The highest BCUT2D eigenvalue weighted by Crippen LogP contribution is 2.33. The van der Waals surface area contributed by atoms with Crippen LogP contribution in [0.3, 0.4) is 0 Å². The third-order valence-electron chi connectivity index (χ3n) is 9.68. The molecule has 1 unspecified atom stereocenters. The van der Waals surface area contributed by atoms with Gasteiger partial charge in [0.25, 0.3) is 5.91 Å². The molecule has 10 nitrogen and oxygen atoms in total. The molecule has 10 heteroatoms. The van der Waals surface area contributed by atoms with Gasteiger partial charge in [0.2, 0.25) is 11.6 Å². The Balaban J connectivity index is 0.983. The number of likely N-dealkylation sites (tertiary alicyclic amines) is 1. The van der Waals surface area contributed by atoms with Crippen molar-refractivity contribution in [1.82, 2.24) is 10.2 Å². The summed E-state index contributed by atoms with van der Waals surface area (Å²) in [4.78, 5) is 28.5. The molecule has 3 aromatic carbocycles. The van der Waals surface area contributed by atoms with E-state index in [0.717, 1.165) is 63.1 Å². The van der Waals surface area contributed by atoms with Gasteiger partial charge in [-0.25, -0.2) is 0 Å². The van der Waals surface area contributed by atoms with Gasteiger partial charge in [0, 0.05) is 49.3 Å². The minimum absolute atomic E-state index is 0.0814. The summed E-state index contributed by atoms with van der Waals surface area (Å²) in [6.45, 7) is 4.14. The molecule has 7 N–H and O–H groups in total. The van der Waals surface area contributed by atoms with E-state index in [-0.39, 0.29) is 23.4 Å². The largest absolute Gasteiger partial charge is 0.507 e. The van der Waals surface area contributed by atoms with Crippen molar-refractivity contribution in [2.45, 2.75) is 56.6 Å². The standard InChI is InChI=1S/C37H42N6O4/c38-32(30-3-1-2-4-33(30)44)23-31(36(39)40)26-5-9-27(10-6-26)43-21-17-28(18-22-43)42-19-15-25(16-20-42)24-7-11-29(12-8-24)47-34-13-14-35(45)41-37(34)46/h1-12,23,25,28,34,38,44H,13-22H2,(H3,39,40)(H,41,45,46)/p+1/b31-23-,38-32?. The number of nitrogens with zero attached hydrogens (tertiary/aromatic N) is 2. The molecule has 3 fully saturated rings. The number of benzene rings is 3. The van der Waals surface area contributed by atoms with Gasteiger partial charge in [-0.05, 0) is 92.2 Å². The number of piperidine rings is 3. The number of nitrogens with two attached hydrogens (primary N) is 2. The Bertz CT molecular complexity index is 1650. The monoisotopic (exact) mass is 635 g/mol. The van der Waals surface area contributed by atoms with Crippen molar-refractivity contribution in [2.24, 2.45) is 5.73 Å². The lowest BCUT2D eigenvalue weighted by atomic mass is 9.88. The topological polar surface area (TPSA) is 158 Å². The molecule has 47 heavy (non-hydrogen) atoms. The van der Waals surface area contributed by atoms with Crippen molar-refractivity contribution >= 4 is 34.6 Å². The summed E-state index contributed by atoms with van der Waals surface area (Å²) >= 11 is 0. The minimum Gasteiger partial charge on any atom is -0.507 e. The number of aromatic hydroxyl groups is 1. The molecule has 0 saturated carbocycles. The third kappa shape index (κ3) is 7.55. The van der Waals surface area contributed by atoms with E-state index >= 15 is 0 Å². The fraction of sp³-hybridized carbons (Fsp3) is 0.351. The van der Waals surface area contributed by atoms with Gasteiger partial charge >= 0.3 is 0 Å². The molecular weight excluding hydrogens is 592 g/mol. The highest BCUT2D eigenvalue weighted by molar-refractivity contribution is 6.26. The summed E-state index contributed by atoms with van der Waals surface area (Å²) in [7, 11) is 0. The minimum atomic E-state index is -0.616. The Morgan fingerprint density at radius 3 is 2.23 bits per heavy atom. The van der Waals surface area contributed by atoms with Crippen LogP contribution in [0.4, 0.5) is 5.69 Å². The Labute approximate surface area is 275 Å². The summed E-state index contributed by atoms with van der Waals surface area (Å²) in [5, 5.41) is 26.9. The SMILES string of the molecule is N=C(N)/C(=C\C(=[NH2+])c1ccccc1O)c1ccc(N2CCC(N3CCC(c4ccc(OC5CCC(=O)NC5=O)cc4)CC3)CC2)cc1. The summed E-state index contributed by atoms with van der Waals surface area (Å²) in [6.07, 6.45) is 6.21. The van der Waals surface area contributed by atoms with Crippen molar-refractivity contribution in [3.05, 3.63) is 95.6 Å². The van der Waals surface area contributed by atoms with Crippen LogP contribution in [0.15, 0.2) is 78.9 Å². The number of phenolic OH excluding ortho intramolecular Hbond substituents is 1. The molecule has 0 aliphatic carbocycles. The van der Waals surface area contributed by atoms with Crippen LogP contribution < -0.4 is 26.1 Å². The van der Waals surface area contributed by atoms with E-state index in [9.17, 15) is 14.7 Å². The van der Waals surface area contributed by atoms with Gasteiger partial charge < -0.3 is 25.4 Å². The summed E-state index contributed by atoms with van der Waals surface area (Å²) in [5.41, 5.74) is 10.5. The molecule has 3 aliphatic rings. The van der Waals surface area contributed by atoms with E-state index in [4.69, 9.17) is 21.3 Å². The molecule has 0 bridgehead atoms. The second-order valence-corrected chi connectivity index (χ2v) is 12.6. The number of amides is 2. The number of carbonyl (C=O) groups excluding carboxylic acids is 2. The molecule has 3 saturated heterocycles. The molecule has 0 spiro atoms. The normalized spacial score (nSPS) is 20.1. The molecule has 3 aromatic rings. The number of carbonyl (C=O) groups is 2. The zero-order valence-electron chi connectivity index (χ0n) is 26.5. The van der Waals surface area contributed by atoms with Crippen molar-refractivity contribution in [3.63, 3.8) is 0 Å². The number of amidine groups is 1. The third-order valence-corrected chi connectivity index (χ3v) is 9.68. The first-order valence-corrected chi connectivity index (χ1v) is 16.4. The highest BCUT2D eigenvalue weighted by atomic mass is 16.5. The van der Waals surface area contributed by atoms with E-state index in [1.807, 2.05) is 24.3 Å². The van der Waals surface area contributed by atoms with Crippen molar-refractivity contribution in [3.8, 4) is 11.5 Å². The Kier molecular flexibility index (Phi) is 9.68. The second kappa shape index (κ2) is 14.2. The number of nitrogens with one attached hydrogen (secondary N) is 2. The van der Waals surface area contributed by atoms with Crippen LogP contribution in [0.1, 0.15) is 61.1 Å². The first-order chi connectivity index (χ1) is 22.7. The Hall–Kier alpha value is -4.96. The molecule has 0 radical (unpaired) electrons. The number of para-hydroxylation sites is 1. The fourth-order valence-electron chi connectivity index (χ4n) is 6.98. The first-order valence-electron chi connectivity index (χ1n) is 16.4. The van der Waals surface area contributed by atoms with Crippen molar-refractivity contribution in [2.75, 3.05) is 31.1 Å². The number of allylic oxidation sites excluding steroid dienone is 1. The predicted octanol–water partition coefficient (Wildman–Crippen LogP) is 2.99. The average Bonchev–Trinajstić information content (AvgIpc) is 3.09. The van der Waals surface area contributed by atoms with Gasteiger partial charge in [0.15, 0.2) is 6.10 Å². The van der Waals surface area contributed by atoms with E-state index < -0.39 is 6.10 Å². The summed E-state index contributed by atoms with van der Waals surface area (Å²) in [5.74, 6) is 0.560. The number of phenols is 1. The van der Waals surface area contributed by atoms with Gasteiger partial charge in [-0.3, -0.25) is 25.7 Å². The molecular formula is C37H43N6O4+. The van der Waals surface area contributed by atoms with Crippen LogP contribution >= 0.6 is 0 Å². The van der Waals surface area contributed by atoms with Crippen LogP contribution in [0, 0.1) is 5.41 Å². The fourth-order valence-corrected chi connectivity index (χ4v) is 6.98. The van der Waals surface area contributed by atoms with Crippen LogP contribution in [-0.2, 0) is 9.59 Å². The molecule has 6 rings (SSSR count). The lowest BCUT2D eigenvalue weighted by Gasteiger charge is -2.42. The lowest BCUT2D eigenvalue weighted by Crippen LogP contribution is -2.47. The van der Waals surface area contributed by atoms with Gasteiger partial charge in [0.1, 0.15) is 17.3 Å². The molecule has 2 amide bonds. The Morgan fingerprint density at radius 1 is 0.915 bits per heavy atom. The number of rotatable bonds is 9. The maximum atomic E-state index is 12.0. The highest BCUT2D eigenvalue weighted by Gasteiger charge is 2.30. The maximum Gasteiger partial charge on any atom is 0.267 e. The number of anilines is 1. The average molecular weight is 636 g/mol. The molecule has 0 aromatic heterocycles. The zero-order chi connectivity index (χ0) is 32.9. The molecule has 3 heterocycles. The number of hydrogen-bond donors (Lipinski definition) is 5. The van der Waals surface area contributed by atoms with E-state index in [0.29, 0.717) is 47.4 Å². The van der Waals surface area contributed by atoms with Gasteiger partial charge in [-0.15, -0.1) is 0 Å². The van der Waals surface area contributed by atoms with Crippen LogP contribution in [0.5, 0.6) is 11.5 Å². The second-order valence-electron chi connectivity index (χ2n) is 12.6. The maximum absolute atomic E-state index is 12.0. The van der Waals surface area contributed by atoms with Gasteiger partial charge in [-0.1, -0.05) is 36.4 Å². The zero-order valence-corrected chi connectivity index (χ0v) is 26.5. The van der Waals surface area contributed by atoms with Crippen LogP contribution in [0.2, 0.25) is 0 Å². The summed E-state index contributed by atoms with van der Waals surface area (Å²) in [6, 6.07) is 23.6. The molecule has 244 valence electrons. The smallest absolute Gasteiger partial charge is 0.267 e. The quantitative estimate of drug-likeness (QED) is 0.137. The first kappa shape index (κ1) is 32.0. The lowest BCUT2D eigenvalue weighted by molar-refractivity contribution is -0.138. The van der Waals surface area contributed by atoms with Crippen LogP contribution in [-0.4, -0.2) is 71.7 Å². The van der Waals surface area contributed by atoms with E-state index in [2.05, 4.69) is 39.4 Å². The van der Waals surface area contributed by atoms with Gasteiger partial charge in [0.05, 0.1) is 5.56 Å². The van der Waals surface area contributed by atoms with Crippen molar-refractivity contribution < 1.29 is 24.8 Å². The van der Waals surface area contributed by atoms with E-state index in [1.54, 1.807) is 30.3 Å². The van der Waals surface area contributed by atoms with Crippen LogP contribution in [0.25, 0.3) is 5.57 Å². The van der Waals surface area contributed by atoms with Crippen molar-refractivity contribution in [1.29, 1.82) is 5.41 Å². The van der Waals surface area contributed by atoms with Gasteiger partial charge in [-0.2, -0.15) is 0 Å². The molecule has 3 aliphatic heterocycles. The molecule has 1 atom stereocenters.